The highest BCUT2D eigenvalue weighted by Gasteiger charge is 2.40. The Balaban J connectivity index is 1.50. The molecule has 0 fully saturated rings. The number of hydroxylamine groups is 2. The first kappa shape index (κ1) is 39.0. The van der Waals surface area contributed by atoms with Crippen LogP contribution in [0.2, 0.25) is 0 Å². The van der Waals surface area contributed by atoms with E-state index in [0.29, 0.717) is 11.5 Å². The van der Waals surface area contributed by atoms with Crippen LogP contribution < -0.4 is 15.4 Å². The van der Waals surface area contributed by atoms with Gasteiger partial charge in [-0.25, -0.2) is 23.6 Å². The summed E-state index contributed by atoms with van der Waals surface area (Å²) in [6, 6.07) is 9.93. The van der Waals surface area contributed by atoms with Gasteiger partial charge in [0.05, 0.1) is 11.1 Å². The van der Waals surface area contributed by atoms with Gasteiger partial charge >= 0.3 is 18.2 Å². The average molecular weight is 724 g/mol. The smallest absolute Gasteiger partial charge is 0.413 e. The lowest BCUT2D eigenvalue weighted by atomic mass is 10.1. The molecule has 1 aromatic heterocycles. The van der Waals surface area contributed by atoms with Crippen LogP contribution in [-0.4, -0.2) is 81.9 Å². The molecule has 278 valence electrons. The summed E-state index contributed by atoms with van der Waals surface area (Å²) in [6.07, 6.45) is 0.321. The predicted octanol–water partition coefficient (Wildman–Crippen LogP) is 5.66. The van der Waals surface area contributed by atoms with Gasteiger partial charge in [0, 0.05) is 36.5 Å². The lowest BCUT2D eigenvalue weighted by Crippen LogP contribution is -2.43. The van der Waals surface area contributed by atoms with Gasteiger partial charge in [0.2, 0.25) is 6.10 Å². The number of carbonyl (C=O) groups excluding carboxylic acids is 5. The highest BCUT2D eigenvalue weighted by Crippen LogP contribution is 2.32. The molecule has 0 saturated heterocycles. The van der Waals surface area contributed by atoms with E-state index in [-0.39, 0.29) is 53.5 Å². The Hall–Kier alpha value is -5.77. The number of carbonyl (C=O) groups is 5. The van der Waals surface area contributed by atoms with E-state index < -0.39 is 59.7 Å². The molecule has 0 aliphatic carbocycles. The summed E-state index contributed by atoms with van der Waals surface area (Å²) in [5.41, 5.74) is -1.13. The van der Waals surface area contributed by atoms with Crippen molar-refractivity contribution in [1.29, 1.82) is 0 Å². The minimum absolute atomic E-state index is 0.000987. The zero-order valence-electron chi connectivity index (χ0n) is 29.8. The van der Waals surface area contributed by atoms with Crippen molar-refractivity contribution in [3.8, 4) is 16.9 Å². The van der Waals surface area contributed by atoms with Crippen LogP contribution >= 0.6 is 0 Å². The van der Waals surface area contributed by atoms with Gasteiger partial charge in [-0.1, -0.05) is 24.8 Å². The zero-order chi connectivity index (χ0) is 38.2. The molecule has 2 aromatic carbocycles. The number of halogens is 1. The van der Waals surface area contributed by atoms with E-state index >= 15 is 4.39 Å². The van der Waals surface area contributed by atoms with Crippen molar-refractivity contribution in [2.24, 2.45) is 0 Å². The Morgan fingerprint density at radius 3 is 2.17 bits per heavy atom. The maximum absolute atomic E-state index is 15.7. The van der Waals surface area contributed by atoms with E-state index in [1.807, 2.05) is 0 Å². The summed E-state index contributed by atoms with van der Waals surface area (Å²) >= 11 is 0. The molecule has 4 rings (SSSR count). The molecule has 0 bridgehead atoms. The standard InChI is InChI=1S/C36H42FN5O10/c1-8-18-48-34(47)39-29-26(20-41(40-29)17-11-16-38-33(46)51-36(5,6)7)23-15-14-22(19-27(23)37)49-21-28(32(45)50-35(2,3)4)52-42-30(43)24-12-9-10-13-25(24)31(42)44/h8-10,12-15,19-20,28H,1,11,16-18,21H2,2-7H3,(H,38,46)(H,39,40,47)/t28-/m0/s1. The molecule has 2 N–H and O–H groups in total. The first-order valence-corrected chi connectivity index (χ1v) is 16.3. The largest absolute Gasteiger partial charge is 0.490 e. The Bertz CT molecular complexity index is 1790. The number of ether oxygens (including phenoxy) is 4. The number of rotatable bonds is 14. The van der Waals surface area contributed by atoms with E-state index in [9.17, 15) is 24.0 Å². The maximum atomic E-state index is 15.7. The molecule has 3 aromatic rings. The highest BCUT2D eigenvalue weighted by molar-refractivity contribution is 6.20. The molecule has 52 heavy (non-hydrogen) atoms. The quantitative estimate of drug-likeness (QED) is 0.0691. The highest BCUT2D eigenvalue weighted by atomic mass is 19.1. The molecular weight excluding hydrogens is 681 g/mol. The third-order valence-corrected chi connectivity index (χ3v) is 6.84. The van der Waals surface area contributed by atoms with Crippen molar-refractivity contribution in [1.82, 2.24) is 20.2 Å². The fraction of sp³-hybridized carbons (Fsp3) is 0.389. The topological polar surface area (TPSA) is 177 Å². The maximum Gasteiger partial charge on any atom is 0.413 e. The number of nitrogens with zero attached hydrogens (tertiary/aromatic N) is 3. The first-order valence-electron chi connectivity index (χ1n) is 16.3. The minimum atomic E-state index is -1.59. The van der Waals surface area contributed by atoms with Crippen LogP contribution in [0.25, 0.3) is 11.1 Å². The van der Waals surface area contributed by atoms with Crippen LogP contribution in [0.15, 0.2) is 61.3 Å². The number of fused-ring (bicyclic) bond motifs is 1. The van der Waals surface area contributed by atoms with Gasteiger partial charge in [-0.05, 0) is 72.2 Å². The van der Waals surface area contributed by atoms with Crippen molar-refractivity contribution in [3.05, 3.63) is 78.3 Å². The number of imide groups is 1. The Kier molecular flexibility index (Phi) is 12.4. The van der Waals surface area contributed by atoms with Crippen molar-refractivity contribution >= 4 is 35.8 Å². The van der Waals surface area contributed by atoms with Crippen molar-refractivity contribution in [2.45, 2.75) is 71.8 Å². The number of aryl methyl sites for hydroxylation is 1. The van der Waals surface area contributed by atoms with Crippen LogP contribution in [0.3, 0.4) is 0 Å². The summed E-state index contributed by atoms with van der Waals surface area (Å²) in [6.45, 7) is 13.6. The van der Waals surface area contributed by atoms with Crippen molar-refractivity contribution in [2.75, 3.05) is 25.1 Å². The summed E-state index contributed by atoms with van der Waals surface area (Å²) in [4.78, 5) is 68.8. The molecule has 2 heterocycles. The summed E-state index contributed by atoms with van der Waals surface area (Å²) < 4.78 is 38.6. The van der Waals surface area contributed by atoms with Crippen LogP contribution in [0.1, 0.15) is 68.7 Å². The van der Waals surface area contributed by atoms with Gasteiger partial charge in [0.15, 0.2) is 5.82 Å². The van der Waals surface area contributed by atoms with E-state index in [1.165, 1.54) is 41.2 Å². The molecule has 16 heteroatoms. The minimum Gasteiger partial charge on any atom is -0.490 e. The second-order valence-corrected chi connectivity index (χ2v) is 13.5. The molecule has 15 nitrogen and oxygen atoms in total. The number of alkyl carbamates (subject to hydrolysis) is 1. The monoisotopic (exact) mass is 723 g/mol. The van der Waals surface area contributed by atoms with E-state index in [4.69, 9.17) is 23.8 Å². The molecule has 4 amide bonds. The third kappa shape index (κ3) is 10.6. The van der Waals surface area contributed by atoms with Crippen LogP contribution in [-0.2, 0) is 30.4 Å². The molecule has 0 spiro atoms. The SMILES string of the molecule is C=CCOC(=O)Nc1nn(CCCNC(=O)OC(C)(C)C)cc1-c1ccc(OC[C@H](ON2C(=O)c3ccccc3C2=O)C(=O)OC(C)(C)C)cc1F. The summed E-state index contributed by atoms with van der Waals surface area (Å²) in [5, 5.41) is 10.0. The molecule has 1 aliphatic heterocycles. The summed E-state index contributed by atoms with van der Waals surface area (Å²) in [7, 11) is 0. The van der Waals surface area contributed by atoms with E-state index in [1.54, 1.807) is 53.7 Å². The third-order valence-electron chi connectivity index (χ3n) is 6.84. The number of hydrogen-bond acceptors (Lipinski definition) is 11. The Labute approximate surface area is 299 Å². The average Bonchev–Trinajstić information content (AvgIpc) is 3.55. The van der Waals surface area contributed by atoms with Gasteiger partial charge in [-0.2, -0.15) is 5.10 Å². The van der Waals surface area contributed by atoms with Crippen LogP contribution in [0.5, 0.6) is 5.75 Å². The number of benzene rings is 2. The first-order chi connectivity index (χ1) is 24.5. The number of nitrogens with one attached hydrogen (secondary N) is 2. The molecule has 1 atom stereocenters. The lowest BCUT2D eigenvalue weighted by molar-refractivity contribution is -0.193. The Morgan fingerprint density at radius 2 is 1.58 bits per heavy atom. The fourth-order valence-electron chi connectivity index (χ4n) is 4.71. The fourth-order valence-corrected chi connectivity index (χ4v) is 4.71. The van der Waals surface area contributed by atoms with Gasteiger partial charge in [0.1, 0.15) is 36.0 Å². The number of hydrogen-bond donors (Lipinski definition) is 2. The Morgan fingerprint density at radius 1 is 0.923 bits per heavy atom. The van der Waals surface area contributed by atoms with Gasteiger partial charge in [-0.15, -0.1) is 5.06 Å². The zero-order valence-corrected chi connectivity index (χ0v) is 29.8. The van der Waals surface area contributed by atoms with Crippen LogP contribution in [0.4, 0.5) is 19.8 Å². The molecule has 0 unspecified atom stereocenters. The number of aromatic nitrogens is 2. The van der Waals surface area contributed by atoms with E-state index in [0.717, 1.165) is 6.07 Å². The summed E-state index contributed by atoms with van der Waals surface area (Å²) in [5.74, 6) is -3.25. The van der Waals surface area contributed by atoms with Crippen LogP contribution in [0, 0.1) is 5.82 Å². The normalized spacial score (nSPS) is 13.2. The molecule has 0 saturated carbocycles. The van der Waals surface area contributed by atoms with Crippen molar-refractivity contribution in [3.63, 3.8) is 0 Å². The number of anilines is 1. The van der Waals surface area contributed by atoms with Gasteiger partial charge < -0.3 is 24.3 Å². The van der Waals surface area contributed by atoms with Gasteiger partial charge in [0.25, 0.3) is 11.8 Å². The molecule has 0 radical (unpaired) electrons. The van der Waals surface area contributed by atoms with E-state index in [2.05, 4.69) is 22.3 Å². The predicted molar refractivity (Wildman–Crippen MR) is 185 cm³/mol. The second-order valence-electron chi connectivity index (χ2n) is 13.5. The van der Waals surface area contributed by atoms with Gasteiger partial charge in [-0.3, -0.25) is 19.6 Å². The molecular formula is C36H42FN5O10. The second kappa shape index (κ2) is 16.5. The number of esters is 1. The number of amides is 4. The molecule has 1 aliphatic rings. The van der Waals surface area contributed by atoms with Crippen molar-refractivity contribution < 1.29 is 52.1 Å². The lowest BCUT2D eigenvalue weighted by Gasteiger charge is -2.26.